The quantitative estimate of drug-likeness (QED) is 0.439. The molecule has 0 saturated carbocycles. The summed E-state index contributed by atoms with van der Waals surface area (Å²) in [6.07, 6.45) is 0. The number of carbonyl (C=O) groups excluding carboxylic acids is 2. The zero-order chi connectivity index (χ0) is 15.1. The zero-order valence-electron chi connectivity index (χ0n) is 11.0. The molecular formula is C11H18Cl3NO4. The van der Waals surface area contributed by atoms with Crippen molar-refractivity contribution in [2.45, 2.75) is 30.6 Å². The van der Waals surface area contributed by atoms with Crippen LogP contribution in [0.15, 0.2) is 0 Å². The molecule has 0 amide bonds. The van der Waals surface area contributed by atoms with Crippen LogP contribution in [0.4, 0.5) is 0 Å². The van der Waals surface area contributed by atoms with E-state index < -0.39 is 27.7 Å². The zero-order valence-corrected chi connectivity index (χ0v) is 13.3. The molecule has 1 N–H and O–H groups in total. The van der Waals surface area contributed by atoms with Gasteiger partial charge in [-0.25, -0.2) is 0 Å². The van der Waals surface area contributed by atoms with E-state index in [1.54, 1.807) is 20.8 Å². The van der Waals surface area contributed by atoms with Gasteiger partial charge in [0.25, 0.3) is 0 Å². The molecule has 0 aromatic rings. The van der Waals surface area contributed by atoms with Crippen LogP contribution in [-0.2, 0) is 19.1 Å². The number of hydrogen-bond donors (Lipinski definition) is 1. The molecule has 112 valence electrons. The number of halogens is 3. The Morgan fingerprint density at radius 3 is 1.74 bits per heavy atom. The van der Waals surface area contributed by atoms with Crippen LogP contribution in [0.5, 0.6) is 0 Å². The third-order valence-corrected chi connectivity index (χ3v) is 2.90. The number of nitrogens with one attached hydrogen (secondary N) is 1. The highest BCUT2D eigenvalue weighted by molar-refractivity contribution is 6.68. The lowest BCUT2D eigenvalue weighted by Gasteiger charge is -2.30. The van der Waals surface area contributed by atoms with E-state index >= 15 is 0 Å². The molecule has 0 aliphatic rings. The van der Waals surface area contributed by atoms with Crippen molar-refractivity contribution >= 4 is 46.7 Å². The molecule has 0 saturated heterocycles. The first kappa shape index (κ1) is 18.8. The molecule has 0 aromatic carbocycles. The van der Waals surface area contributed by atoms with Crippen molar-refractivity contribution in [3.05, 3.63) is 0 Å². The second-order valence-corrected chi connectivity index (χ2v) is 5.93. The van der Waals surface area contributed by atoms with Gasteiger partial charge >= 0.3 is 11.9 Å². The summed E-state index contributed by atoms with van der Waals surface area (Å²) in [7, 11) is 0. The molecule has 0 bridgehead atoms. The van der Waals surface area contributed by atoms with Gasteiger partial charge in [-0.3, -0.25) is 9.59 Å². The van der Waals surface area contributed by atoms with E-state index in [0.717, 1.165) is 0 Å². The van der Waals surface area contributed by atoms with Gasteiger partial charge in [-0.15, -0.1) is 0 Å². The average molecular weight is 335 g/mol. The predicted molar refractivity (Wildman–Crippen MR) is 74.5 cm³/mol. The van der Waals surface area contributed by atoms with E-state index in [0.29, 0.717) is 6.54 Å². The minimum absolute atomic E-state index is 0.118. The largest absolute Gasteiger partial charge is 0.465 e. The van der Waals surface area contributed by atoms with Gasteiger partial charge in [0.1, 0.15) is 0 Å². The fourth-order valence-corrected chi connectivity index (χ4v) is 2.08. The van der Waals surface area contributed by atoms with E-state index in [4.69, 9.17) is 44.3 Å². The van der Waals surface area contributed by atoms with Gasteiger partial charge in [0.2, 0.25) is 3.79 Å². The lowest BCUT2D eigenvalue weighted by Crippen LogP contribution is -2.52. The highest BCUT2D eigenvalue weighted by atomic mass is 35.6. The molecule has 0 heterocycles. The van der Waals surface area contributed by atoms with Crippen LogP contribution in [0.1, 0.15) is 20.8 Å². The Bertz CT molecular complexity index is 289. The SMILES string of the molecule is CCNC(C(C(=O)OCC)C(=O)OCC)C(Cl)(Cl)Cl. The summed E-state index contributed by atoms with van der Waals surface area (Å²) < 4.78 is 7.83. The fourth-order valence-electron chi connectivity index (χ4n) is 1.47. The van der Waals surface area contributed by atoms with E-state index in [-0.39, 0.29) is 13.2 Å². The lowest BCUT2D eigenvalue weighted by atomic mass is 10.0. The van der Waals surface area contributed by atoms with Crippen LogP contribution >= 0.6 is 34.8 Å². The average Bonchev–Trinajstić information content (AvgIpc) is 2.28. The molecule has 1 atom stereocenters. The number of alkyl halides is 3. The van der Waals surface area contributed by atoms with Crippen molar-refractivity contribution in [1.29, 1.82) is 0 Å². The molecule has 19 heavy (non-hydrogen) atoms. The summed E-state index contributed by atoms with van der Waals surface area (Å²) in [5.41, 5.74) is 0. The minimum Gasteiger partial charge on any atom is -0.465 e. The van der Waals surface area contributed by atoms with E-state index in [9.17, 15) is 9.59 Å². The van der Waals surface area contributed by atoms with Crippen molar-refractivity contribution in [3.63, 3.8) is 0 Å². The molecule has 0 aliphatic heterocycles. The smallest absolute Gasteiger partial charge is 0.322 e. The molecule has 5 nitrogen and oxygen atoms in total. The van der Waals surface area contributed by atoms with E-state index in [1.165, 1.54) is 0 Å². The molecule has 0 aliphatic carbocycles. The topological polar surface area (TPSA) is 64.6 Å². The Balaban J connectivity index is 5.26. The second kappa shape index (κ2) is 8.84. The normalized spacial score (nSPS) is 13.2. The van der Waals surface area contributed by atoms with E-state index in [1.807, 2.05) is 0 Å². The maximum absolute atomic E-state index is 11.9. The van der Waals surface area contributed by atoms with Gasteiger partial charge in [-0.05, 0) is 20.4 Å². The first-order chi connectivity index (χ1) is 8.79. The Kier molecular flexibility index (Phi) is 8.74. The maximum Gasteiger partial charge on any atom is 0.322 e. The molecule has 0 fully saturated rings. The molecule has 0 rings (SSSR count). The summed E-state index contributed by atoms with van der Waals surface area (Å²) >= 11 is 17.4. The van der Waals surface area contributed by atoms with Crippen LogP contribution in [-0.4, -0.2) is 41.5 Å². The highest BCUT2D eigenvalue weighted by Gasteiger charge is 2.47. The number of hydrogen-bond acceptors (Lipinski definition) is 5. The molecule has 1 unspecified atom stereocenters. The summed E-state index contributed by atoms with van der Waals surface area (Å²) in [5, 5.41) is 2.80. The molecule has 0 spiro atoms. The summed E-state index contributed by atoms with van der Waals surface area (Å²) in [4.78, 5) is 23.8. The Labute approximate surface area is 127 Å². The number of esters is 2. The van der Waals surface area contributed by atoms with Gasteiger partial charge in [-0.1, -0.05) is 41.7 Å². The third-order valence-electron chi connectivity index (χ3n) is 2.19. The fraction of sp³-hybridized carbons (Fsp3) is 0.818. The van der Waals surface area contributed by atoms with Crippen molar-refractivity contribution in [1.82, 2.24) is 5.32 Å². The Morgan fingerprint density at radius 2 is 1.47 bits per heavy atom. The predicted octanol–water partition coefficient (Wildman–Crippen LogP) is 2.08. The number of carbonyl (C=O) groups is 2. The molecule has 8 heteroatoms. The van der Waals surface area contributed by atoms with Gasteiger partial charge in [0.15, 0.2) is 5.92 Å². The number of ether oxygens (including phenoxy) is 2. The summed E-state index contributed by atoms with van der Waals surface area (Å²) in [6, 6.07) is -1.03. The van der Waals surface area contributed by atoms with Crippen LogP contribution in [0.3, 0.4) is 0 Å². The van der Waals surface area contributed by atoms with E-state index in [2.05, 4.69) is 5.32 Å². The first-order valence-corrected chi connectivity index (χ1v) is 7.06. The standard InChI is InChI=1S/C11H18Cl3NO4/c1-4-15-8(11(12,13)14)7(9(16)18-5-2)10(17)19-6-3/h7-8,15H,4-6H2,1-3H3. The van der Waals surface area contributed by atoms with Crippen molar-refractivity contribution in [2.24, 2.45) is 5.92 Å². The third kappa shape index (κ3) is 6.17. The van der Waals surface area contributed by atoms with Crippen molar-refractivity contribution < 1.29 is 19.1 Å². The van der Waals surface area contributed by atoms with Crippen LogP contribution in [0.25, 0.3) is 0 Å². The van der Waals surface area contributed by atoms with Crippen molar-refractivity contribution in [2.75, 3.05) is 19.8 Å². The highest BCUT2D eigenvalue weighted by Crippen LogP contribution is 2.35. The lowest BCUT2D eigenvalue weighted by molar-refractivity contribution is -0.163. The van der Waals surface area contributed by atoms with Gasteiger partial charge < -0.3 is 14.8 Å². The summed E-state index contributed by atoms with van der Waals surface area (Å²) in [6.45, 7) is 5.65. The van der Waals surface area contributed by atoms with Gasteiger partial charge in [0.05, 0.1) is 19.3 Å². The molecule has 0 aromatic heterocycles. The Hall–Kier alpha value is -0.230. The van der Waals surface area contributed by atoms with Crippen LogP contribution in [0.2, 0.25) is 0 Å². The van der Waals surface area contributed by atoms with Gasteiger partial charge in [-0.2, -0.15) is 0 Å². The van der Waals surface area contributed by atoms with Crippen LogP contribution in [0, 0.1) is 5.92 Å². The minimum atomic E-state index is -1.85. The van der Waals surface area contributed by atoms with Gasteiger partial charge in [0, 0.05) is 0 Å². The van der Waals surface area contributed by atoms with Crippen LogP contribution < -0.4 is 5.32 Å². The first-order valence-electron chi connectivity index (χ1n) is 5.92. The maximum atomic E-state index is 11.9. The Morgan fingerprint density at radius 1 is 1.05 bits per heavy atom. The van der Waals surface area contributed by atoms with Crippen molar-refractivity contribution in [3.8, 4) is 0 Å². The molecule has 0 radical (unpaired) electrons. The molecular weight excluding hydrogens is 316 g/mol. The second-order valence-electron chi connectivity index (χ2n) is 3.56. The summed E-state index contributed by atoms with van der Waals surface area (Å²) in [5.74, 6) is -2.89. The number of rotatable bonds is 7. The monoisotopic (exact) mass is 333 g/mol.